The molecule has 0 aromatic carbocycles. The fourth-order valence-electron chi connectivity index (χ4n) is 2.66. The molecular weight excluding hydrogens is 236 g/mol. The highest BCUT2D eigenvalue weighted by atomic mass is 32.2. The highest BCUT2D eigenvalue weighted by Crippen LogP contribution is 2.39. The highest BCUT2D eigenvalue weighted by Gasteiger charge is 2.40. The van der Waals surface area contributed by atoms with Crippen molar-refractivity contribution in [2.45, 2.75) is 57.5 Å². The quantitative estimate of drug-likeness (QED) is 0.782. The molecule has 4 nitrogen and oxygen atoms in total. The zero-order chi connectivity index (χ0) is 12.5. The summed E-state index contributed by atoms with van der Waals surface area (Å²) in [5.41, 5.74) is -0.270. The fourth-order valence-corrected chi connectivity index (χ4v) is 4.53. The summed E-state index contributed by atoms with van der Waals surface area (Å²) in [6.07, 6.45) is 5.58. The molecule has 0 radical (unpaired) electrons. The Kier molecular flexibility index (Phi) is 3.80. The number of rotatable bonds is 5. The van der Waals surface area contributed by atoms with Crippen molar-refractivity contribution in [3.63, 3.8) is 0 Å². The Morgan fingerprint density at radius 1 is 1.24 bits per heavy atom. The third-order valence-corrected chi connectivity index (χ3v) is 5.53. The summed E-state index contributed by atoms with van der Waals surface area (Å²) < 4.78 is 27.1. The van der Waals surface area contributed by atoms with Gasteiger partial charge in [-0.1, -0.05) is 6.42 Å². The first-order valence-electron chi connectivity index (χ1n) is 6.64. The van der Waals surface area contributed by atoms with E-state index in [0.29, 0.717) is 5.92 Å². The van der Waals surface area contributed by atoms with E-state index >= 15 is 0 Å². The van der Waals surface area contributed by atoms with Gasteiger partial charge in [-0.05, 0) is 52.0 Å². The summed E-state index contributed by atoms with van der Waals surface area (Å²) >= 11 is 0. The van der Waals surface area contributed by atoms with Crippen LogP contribution in [-0.2, 0) is 10.0 Å². The van der Waals surface area contributed by atoms with E-state index < -0.39 is 10.0 Å². The van der Waals surface area contributed by atoms with E-state index in [-0.39, 0.29) is 17.3 Å². The fraction of sp³-hybridized carbons (Fsp3) is 1.00. The van der Waals surface area contributed by atoms with Gasteiger partial charge in [-0.15, -0.1) is 0 Å². The third-order valence-electron chi connectivity index (χ3n) is 3.85. The van der Waals surface area contributed by atoms with Crippen LogP contribution in [0.2, 0.25) is 0 Å². The van der Waals surface area contributed by atoms with Crippen molar-refractivity contribution < 1.29 is 8.42 Å². The van der Waals surface area contributed by atoms with Crippen LogP contribution >= 0.6 is 0 Å². The molecular formula is C12H24N2O2S. The lowest BCUT2D eigenvalue weighted by molar-refractivity contribution is 0.390. The molecule has 2 aliphatic rings. The molecule has 2 rings (SSSR count). The van der Waals surface area contributed by atoms with Crippen molar-refractivity contribution in [1.29, 1.82) is 0 Å². The summed E-state index contributed by atoms with van der Waals surface area (Å²) in [5, 5.41) is 3.29. The third kappa shape index (κ3) is 3.93. The molecule has 0 bridgehead atoms. The molecule has 1 unspecified atom stereocenters. The Hall–Kier alpha value is -0.130. The summed E-state index contributed by atoms with van der Waals surface area (Å²) in [4.78, 5) is 0. The topological polar surface area (TPSA) is 58.2 Å². The van der Waals surface area contributed by atoms with Crippen LogP contribution < -0.4 is 10.0 Å². The molecule has 1 aliphatic heterocycles. The highest BCUT2D eigenvalue weighted by molar-refractivity contribution is 7.89. The monoisotopic (exact) mass is 260 g/mol. The van der Waals surface area contributed by atoms with Crippen LogP contribution in [0, 0.1) is 5.92 Å². The van der Waals surface area contributed by atoms with Crippen LogP contribution in [0.4, 0.5) is 0 Å². The van der Waals surface area contributed by atoms with Crippen LogP contribution in [0.1, 0.15) is 46.0 Å². The number of hydrogen-bond acceptors (Lipinski definition) is 3. The minimum Gasteiger partial charge on any atom is -0.313 e. The van der Waals surface area contributed by atoms with Gasteiger partial charge in [-0.25, -0.2) is 13.1 Å². The van der Waals surface area contributed by atoms with Gasteiger partial charge in [-0.2, -0.15) is 0 Å². The van der Waals surface area contributed by atoms with Crippen molar-refractivity contribution in [1.82, 2.24) is 10.0 Å². The summed E-state index contributed by atoms with van der Waals surface area (Å²) in [5.74, 6) is 0.750. The van der Waals surface area contributed by atoms with Crippen molar-refractivity contribution in [2.24, 2.45) is 5.92 Å². The Morgan fingerprint density at radius 3 is 2.47 bits per heavy atom. The van der Waals surface area contributed by atoms with Gasteiger partial charge in [0.2, 0.25) is 10.0 Å². The molecule has 0 amide bonds. The molecule has 0 aromatic heterocycles. The van der Waals surface area contributed by atoms with Crippen LogP contribution in [0.3, 0.4) is 0 Å². The maximum atomic E-state index is 12.1. The molecule has 0 aromatic rings. The lowest BCUT2D eigenvalue weighted by Crippen LogP contribution is -2.50. The summed E-state index contributed by atoms with van der Waals surface area (Å²) in [6.45, 7) is 4.94. The molecule has 1 aliphatic carbocycles. The standard InChI is InChI=1S/C12H24N2O2S/c1-12(2,10-6-7-10)14-17(15,16)9-11-5-3-4-8-13-11/h10-11,13-14H,3-9H2,1-2H3. The normalized spacial score (nSPS) is 27.1. The van der Waals surface area contributed by atoms with Crippen LogP contribution in [-0.4, -0.2) is 32.3 Å². The first-order valence-corrected chi connectivity index (χ1v) is 8.29. The Labute approximate surface area is 105 Å². The molecule has 1 atom stereocenters. The zero-order valence-electron chi connectivity index (χ0n) is 10.8. The van der Waals surface area contributed by atoms with Gasteiger partial charge in [-0.3, -0.25) is 0 Å². The smallest absolute Gasteiger partial charge is 0.213 e. The van der Waals surface area contributed by atoms with Gasteiger partial charge in [0.15, 0.2) is 0 Å². The van der Waals surface area contributed by atoms with E-state index in [4.69, 9.17) is 0 Å². The molecule has 1 saturated heterocycles. The maximum absolute atomic E-state index is 12.1. The van der Waals surface area contributed by atoms with Gasteiger partial charge in [0.1, 0.15) is 0 Å². The molecule has 1 heterocycles. The largest absolute Gasteiger partial charge is 0.313 e. The average molecular weight is 260 g/mol. The lowest BCUT2D eigenvalue weighted by Gasteiger charge is -2.28. The number of piperidine rings is 1. The van der Waals surface area contributed by atoms with Crippen molar-refractivity contribution in [3.8, 4) is 0 Å². The van der Waals surface area contributed by atoms with Crippen LogP contribution in [0.15, 0.2) is 0 Å². The summed E-state index contributed by atoms with van der Waals surface area (Å²) in [6, 6.07) is 0.135. The number of nitrogens with one attached hydrogen (secondary N) is 2. The number of hydrogen-bond donors (Lipinski definition) is 2. The van der Waals surface area contributed by atoms with Crippen molar-refractivity contribution >= 4 is 10.0 Å². The van der Waals surface area contributed by atoms with E-state index in [1.165, 1.54) is 0 Å². The molecule has 2 fully saturated rings. The van der Waals surface area contributed by atoms with E-state index in [2.05, 4.69) is 10.0 Å². The molecule has 2 N–H and O–H groups in total. The predicted molar refractivity (Wildman–Crippen MR) is 69.4 cm³/mol. The first kappa shape index (κ1) is 13.3. The first-order chi connectivity index (χ1) is 7.89. The minimum absolute atomic E-state index is 0.135. The Balaban J connectivity index is 1.89. The van der Waals surface area contributed by atoms with Gasteiger partial charge >= 0.3 is 0 Å². The van der Waals surface area contributed by atoms with Gasteiger partial charge in [0.05, 0.1) is 5.75 Å². The zero-order valence-corrected chi connectivity index (χ0v) is 11.6. The van der Waals surface area contributed by atoms with Crippen molar-refractivity contribution in [3.05, 3.63) is 0 Å². The second kappa shape index (κ2) is 4.86. The SMILES string of the molecule is CC(C)(NS(=O)(=O)CC1CCCCN1)C1CC1. The van der Waals surface area contributed by atoms with Crippen LogP contribution in [0.25, 0.3) is 0 Å². The van der Waals surface area contributed by atoms with Gasteiger partial charge in [0.25, 0.3) is 0 Å². The van der Waals surface area contributed by atoms with E-state index in [0.717, 1.165) is 38.6 Å². The lowest BCUT2D eigenvalue weighted by atomic mass is 10.0. The second-order valence-electron chi connectivity index (χ2n) is 6.03. The molecule has 0 spiro atoms. The minimum atomic E-state index is -3.16. The van der Waals surface area contributed by atoms with Crippen LogP contribution in [0.5, 0.6) is 0 Å². The van der Waals surface area contributed by atoms with Crippen molar-refractivity contribution in [2.75, 3.05) is 12.3 Å². The number of sulfonamides is 1. The van der Waals surface area contributed by atoms with E-state index in [1.54, 1.807) is 0 Å². The van der Waals surface area contributed by atoms with E-state index in [9.17, 15) is 8.42 Å². The van der Waals surface area contributed by atoms with E-state index in [1.807, 2.05) is 13.8 Å². The molecule has 17 heavy (non-hydrogen) atoms. The Morgan fingerprint density at radius 2 is 1.94 bits per heavy atom. The summed E-state index contributed by atoms with van der Waals surface area (Å²) in [7, 11) is -3.16. The molecule has 100 valence electrons. The predicted octanol–water partition coefficient (Wildman–Crippen LogP) is 1.24. The van der Waals surface area contributed by atoms with Gasteiger partial charge < -0.3 is 5.32 Å². The van der Waals surface area contributed by atoms with Gasteiger partial charge in [0, 0.05) is 11.6 Å². The molecule has 5 heteroatoms. The maximum Gasteiger partial charge on any atom is 0.213 e. The Bertz CT molecular complexity index is 355. The molecule has 1 saturated carbocycles. The average Bonchev–Trinajstić information content (AvgIpc) is 2.99. The second-order valence-corrected chi connectivity index (χ2v) is 7.79.